The van der Waals surface area contributed by atoms with E-state index in [9.17, 15) is 4.79 Å². The molecule has 3 rings (SSSR count). The first-order valence-electron chi connectivity index (χ1n) is 6.92. The summed E-state index contributed by atoms with van der Waals surface area (Å²) in [5.41, 5.74) is 2.71. The van der Waals surface area contributed by atoms with Crippen molar-refractivity contribution in [2.45, 2.75) is 20.5 Å². The highest BCUT2D eigenvalue weighted by Gasteiger charge is 2.21. The number of thiocarbonyl (C=S) groups is 1. The lowest BCUT2D eigenvalue weighted by atomic mass is 10.2. The van der Waals surface area contributed by atoms with Crippen LogP contribution in [-0.4, -0.2) is 15.4 Å². The molecule has 118 valence electrons. The zero-order valence-electron chi connectivity index (χ0n) is 12.6. The number of carbonyl (C=O) groups excluding carboxylic acids is 1. The fourth-order valence-corrected chi connectivity index (χ4v) is 3.14. The molecule has 1 fully saturated rings. The molecule has 7 heteroatoms. The Morgan fingerprint density at radius 3 is 2.65 bits per heavy atom. The highest BCUT2D eigenvalue weighted by molar-refractivity contribution is 8.26. The van der Waals surface area contributed by atoms with Gasteiger partial charge in [-0.05, 0) is 37.6 Å². The van der Waals surface area contributed by atoms with Crippen LogP contribution >= 0.6 is 24.0 Å². The maximum absolute atomic E-state index is 11.6. The van der Waals surface area contributed by atoms with E-state index in [0.717, 1.165) is 28.3 Å². The summed E-state index contributed by atoms with van der Waals surface area (Å²) in [6.07, 6.45) is 1.80. The van der Waals surface area contributed by atoms with Crippen LogP contribution in [0.15, 0.2) is 33.7 Å². The first-order valence-corrected chi connectivity index (χ1v) is 8.15. The summed E-state index contributed by atoms with van der Waals surface area (Å²) in [5.74, 6) is 1.36. The number of nitrogens with one attached hydrogen (secondary N) is 1. The number of carbonyl (C=O) groups is 1. The number of benzene rings is 1. The maximum Gasteiger partial charge on any atom is 0.263 e. The van der Waals surface area contributed by atoms with E-state index in [0.29, 0.717) is 15.8 Å². The number of thioether (sulfide) groups is 1. The number of aromatic nitrogens is 1. The highest BCUT2D eigenvalue weighted by Crippen LogP contribution is 2.26. The van der Waals surface area contributed by atoms with Gasteiger partial charge in [-0.2, -0.15) is 0 Å². The van der Waals surface area contributed by atoms with Gasteiger partial charge in [-0.25, -0.2) is 0 Å². The zero-order chi connectivity index (χ0) is 16.4. The predicted octanol–water partition coefficient (Wildman–Crippen LogP) is 3.36. The van der Waals surface area contributed by atoms with Gasteiger partial charge in [0.1, 0.15) is 22.4 Å². The molecule has 5 nitrogen and oxygen atoms in total. The molecule has 0 bridgehead atoms. The van der Waals surface area contributed by atoms with Gasteiger partial charge in [0.05, 0.1) is 16.2 Å². The summed E-state index contributed by atoms with van der Waals surface area (Å²) in [7, 11) is 0. The number of rotatable bonds is 4. The average molecular weight is 346 g/mol. The maximum atomic E-state index is 11.6. The van der Waals surface area contributed by atoms with Crippen molar-refractivity contribution in [3.63, 3.8) is 0 Å². The van der Waals surface area contributed by atoms with E-state index in [-0.39, 0.29) is 5.91 Å². The molecule has 1 N–H and O–H groups in total. The second-order valence-electron chi connectivity index (χ2n) is 5.01. The number of ether oxygens (including phenoxy) is 1. The Hall–Kier alpha value is -2.12. The molecule has 23 heavy (non-hydrogen) atoms. The molecule has 1 amide bonds. The predicted molar refractivity (Wildman–Crippen MR) is 93.1 cm³/mol. The number of hydrogen-bond donors (Lipinski definition) is 1. The summed E-state index contributed by atoms with van der Waals surface area (Å²) in [6, 6.07) is 7.51. The van der Waals surface area contributed by atoms with Crippen molar-refractivity contribution in [1.82, 2.24) is 10.5 Å². The molecule has 0 radical (unpaired) electrons. The van der Waals surface area contributed by atoms with E-state index in [4.69, 9.17) is 21.5 Å². The minimum atomic E-state index is -0.154. The fraction of sp³-hybridized carbons (Fsp3) is 0.188. The SMILES string of the molecule is Cc1noc(C)c1COc1ccc(/C=C2\SC(=S)NC2=O)cc1. The first-order chi connectivity index (χ1) is 11.0. The van der Waals surface area contributed by atoms with Crippen LogP contribution in [0, 0.1) is 13.8 Å². The summed E-state index contributed by atoms with van der Waals surface area (Å²) < 4.78 is 11.3. The van der Waals surface area contributed by atoms with Crippen LogP contribution in [0.3, 0.4) is 0 Å². The van der Waals surface area contributed by atoms with E-state index < -0.39 is 0 Å². The molecule has 1 aliphatic rings. The molecule has 0 aliphatic carbocycles. The Balaban J connectivity index is 1.67. The number of aryl methyl sites for hydroxylation is 2. The summed E-state index contributed by atoms with van der Waals surface area (Å²) in [4.78, 5) is 12.2. The van der Waals surface area contributed by atoms with E-state index >= 15 is 0 Å². The zero-order valence-corrected chi connectivity index (χ0v) is 14.2. The third kappa shape index (κ3) is 3.62. The molecule has 1 aliphatic heterocycles. The Morgan fingerprint density at radius 2 is 2.09 bits per heavy atom. The van der Waals surface area contributed by atoms with Gasteiger partial charge < -0.3 is 14.6 Å². The Kier molecular flexibility index (Phi) is 4.49. The van der Waals surface area contributed by atoms with E-state index in [1.54, 1.807) is 6.08 Å². The van der Waals surface area contributed by atoms with Gasteiger partial charge in [-0.15, -0.1) is 0 Å². The van der Waals surface area contributed by atoms with Gasteiger partial charge >= 0.3 is 0 Å². The molecule has 1 saturated heterocycles. The fourth-order valence-electron chi connectivity index (χ4n) is 2.10. The molecular formula is C16H14N2O3S2. The van der Waals surface area contributed by atoms with Crippen molar-refractivity contribution in [1.29, 1.82) is 0 Å². The van der Waals surface area contributed by atoms with Crippen LogP contribution in [-0.2, 0) is 11.4 Å². The molecular weight excluding hydrogens is 332 g/mol. The van der Waals surface area contributed by atoms with Crippen LogP contribution in [0.25, 0.3) is 6.08 Å². The Morgan fingerprint density at radius 1 is 1.35 bits per heavy atom. The van der Waals surface area contributed by atoms with E-state index in [1.807, 2.05) is 38.1 Å². The molecule has 0 saturated carbocycles. The van der Waals surface area contributed by atoms with Crippen LogP contribution in [0.2, 0.25) is 0 Å². The lowest BCUT2D eigenvalue weighted by molar-refractivity contribution is -0.115. The van der Waals surface area contributed by atoms with Crippen molar-refractivity contribution in [3.8, 4) is 5.75 Å². The van der Waals surface area contributed by atoms with E-state index in [2.05, 4.69) is 10.5 Å². The first kappa shape index (κ1) is 15.8. The third-order valence-electron chi connectivity index (χ3n) is 3.38. The Bertz CT molecular complexity index is 775. The number of amides is 1. The van der Waals surface area contributed by atoms with Crippen molar-refractivity contribution in [2.75, 3.05) is 0 Å². The summed E-state index contributed by atoms with van der Waals surface area (Å²) >= 11 is 6.23. The second-order valence-corrected chi connectivity index (χ2v) is 6.73. The van der Waals surface area contributed by atoms with Gasteiger partial charge in [-0.3, -0.25) is 4.79 Å². The van der Waals surface area contributed by atoms with Crippen LogP contribution in [0.1, 0.15) is 22.6 Å². The van der Waals surface area contributed by atoms with Gasteiger partial charge in [-0.1, -0.05) is 41.3 Å². The van der Waals surface area contributed by atoms with Gasteiger partial charge in [0.2, 0.25) is 0 Å². The van der Waals surface area contributed by atoms with Crippen LogP contribution in [0.4, 0.5) is 0 Å². The second kappa shape index (κ2) is 6.55. The van der Waals surface area contributed by atoms with Gasteiger partial charge in [0.25, 0.3) is 5.91 Å². The van der Waals surface area contributed by atoms with E-state index in [1.165, 1.54) is 11.8 Å². The molecule has 1 aromatic heterocycles. The lowest BCUT2D eigenvalue weighted by Crippen LogP contribution is -2.17. The Labute approximate surface area is 143 Å². The topological polar surface area (TPSA) is 64.4 Å². The van der Waals surface area contributed by atoms with Gasteiger partial charge in [0.15, 0.2) is 0 Å². The van der Waals surface area contributed by atoms with Crippen LogP contribution in [0.5, 0.6) is 5.75 Å². The minimum absolute atomic E-state index is 0.154. The molecule has 0 spiro atoms. The molecule has 2 heterocycles. The van der Waals surface area contributed by atoms with Crippen molar-refractivity contribution >= 4 is 40.3 Å². The molecule has 1 aromatic carbocycles. The van der Waals surface area contributed by atoms with Crippen molar-refractivity contribution < 1.29 is 14.1 Å². The molecule has 0 unspecified atom stereocenters. The smallest absolute Gasteiger partial charge is 0.263 e. The van der Waals surface area contributed by atoms with Crippen molar-refractivity contribution in [2.24, 2.45) is 0 Å². The normalized spacial score (nSPS) is 16.0. The lowest BCUT2D eigenvalue weighted by Gasteiger charge is -2.06. The summed E-state index contributed by atoms with van der Waals surface area (Å²) in [6.45, 7) is 4.16. The van der Waals surface area contributed by atoms with Crippen LogP contribution < -0.4 is 10.1 Å². The number of hydrogen-bond acceptors (Lipinski definition) is 6. The minimum Gasteiger partial charge on any atom is -0.489 e. The highest BCUT2D eigenvalue weighted by atomic mass is 32.2. The van der Waals surface area contributed by atoms with Gasteiger partial charge in [0, 0.05) is 0 Å². The molecule has 2 aromatic rings. The quantitative estimate of drug-likeness (QED) is 0.676. The number of nitrogens with zero attached hydrogens (tertiary/aromatic N) is 1. The monoisotopic (exact) mass is 346 g/mol. The largest absolute Gasteiger partial charge is 0.489 e. The standard InChI is InChI=1S/C16H14N2O3S2/c1-9-13(10(2)21-18-9)8-20-12-5-3-11(4-6-12)7-14-15(19)17-16(22)23-14/h3-7H,8H2,1-2H3,(H,17,19,22)/b14-7-. The molecule has 0 atom stereocenters. The summed E-state index contributed by atoms with van der Waals surface area (Å²) in [5, 5.41) is 6.49. The van der Waals surface area contributed by atoms with Crippen molar-refractivity contribution in [3.05, 3.63) is 51.8 Å². The third-order valence-corrected chi connectivity index (χ3v) is 4.55. The average Bonchev–Trinajstić information content (AvgIpc) is 3.01.